The second-order valence-corrected chi connectivity index (χ2v) is 4.63. The lowest BCUT2D eigenvalue weighted by Crippen LogP contribution is -2.40. The topological polar surface area (TPSA) is 38.5 Å². The van der Waals surface area contributed by atoms with Gasteiger partial charge >= 0.3 is 0 Å². The largest absolute Gasteiger partial charge is 0.489 e. The highest BCUT2D eigenvalue weighted by Gasteiger charge is 2.19. The zero-order chi connectivity index (χ0) is 12.3. The molecular weight excluding hydrogens is 219 g/mol. The van der Waals surface area contributed by atoms with Gasteiger partial charge in [-0.3, -0.25) is 0 Å². The molecule has 1 aliphatic heterocycles. The minimum Gasteiger partial charge on any atom is -0.489 e. The Morgan fingerprint density at radius 2 is 2.29 bits per heavy atom. The number of likely N-dealkylation sites (tertiary alicyclic amines) is 1. The van der Waals surface area contributed by atoms with Gasteiger partial charge in [-0.15, -0.1) is 0 Å². The monoisotopic (exact) mass is 238 g/mol. The summed E-state index contributed by atoms with van der Waals surface area (Å²) in [5.41, 5.74) is 5.91. The highest BCUT2D eigenvalue weighted by Crippen LogP contribution is 2.21. The lowest BCUT2D eigenvalue weighted by Gasteiger charge is -2.32. The Morgan fingerprint density at radius 3 is 3.00 bits per heavy atom. The third kappa shape index (κ3) is 3.09. The Bertz CT molecular complexity index is 384. The van der Waals surface area contributed by atoms with Crippen LogP contribution in [0.4, 0.5) is 10.1 Å². The van der Waals surface area contributed by atoms with Crippen molar-refractivity contribution in [3.8, 4) is 5.75 Å². The van der Waals surface area contributed by atoms with E-state index in [1.807, 2.05) is 0 Å². The molecule has 2 rings (SSSR count). The fourth-order valence-corrected chi connectivity index (χ4v) is 2.17. The first-order valence-electron chi connectivity index (χ1n) is 6.05. The fourth-order valence-electron chi connectivity index (χ4n) is 2.17. The van der Waals surface area contributed by atoms with Gasteiger partial charge in [0.05, 0.1) is 0 Å². The molecule has 1 aliphatic rings. The van der Waals surface area contributed by atoms with Crippen LogP contribution in [-0.4, -0.2) is 31.1 Å². The van der Waals surface area contributed by atoms with Gasteiger partial charge in [0.1, 0.15) is 6.61 Å². The van der Waals surface area contributed by atoms with E-state index in [9.17, 15) is 4.39 Å². The number of benzene rings is 1. The summed E-state index contributed by atoms with van der Waals surface area (Å²) < 4.78 is 19.0. The second kappa shape index (κ2) is 5.36. The van der Waals surface area contributed by atoms with Gasteiger partial charge in [0.15, 0.2) is 11.6 Å². The molecular formula is C13H19FN2O. The van der Waals surface area contributed by atoms with Gasteiger partial charge in [-0.2, -0.15) is 0 Å². The summed E-state index contributed by atoms with van der Waals surface area (Å²) in [6.45, 7) is 1.63. The van der Waals surface area contributed by atoms with E-state index in [4.69, 9.17) is 10.5 Å². The maximum atomic E-state index is 13.5. The number of ether oxygens (including phenoxy) is 1. The summed E-state index contributed by atoms with van der Waals surface area (Å²) in [5.74, 6) is -0.0957. The molecule has 2 N–H and O–H groups in total. The Hall–Kier alpha value is -1.29. The maximum absolute atomic E-state index is 13.5. The molecule has 1 heterocycles. The van der Waals surface area contributed by atoms with Crippen molar-refractivity contribution in [2.45, 2.75) is 25.3 Å². The number of hydrogen-bond acceptors (Lipinski definition) is 3. The number of anilines is 1. The van der Waals surface area contributed by atoms with E-state index < -0.39 is 0 Å². The van der Waals surface area contributed by atoms with Crippen molar-refractivity contribution in [3.63, 3.8) is 0 Å². The van der Waals surface area contributed by atoms with Gasteiger partial charge in [0.2, 0.25) is 0 Å². The average Bonchev–Trinajstić information content (AvgIpc) is 2.30. The summed E-state index contributed by atoms with van der Waals surface area (Å²) in [5, 5.41) is 0. The number of rotatable bonds is 3. The number of halogens is 1. The maximum Gasteiger partial charge on any atom is 0.167 e. The van der Waals surface area contributed by atoms with Crippen LogP contribution in [0.15, 0.2) is 18.2 Å². The van der Waals surface area contributed by atoms with E-state index in [0.29, 0.717) is 18.3 Å². The predicted octanol–water partition coefficient (Wildman–Crippen LogP) is 2.27. The number of nitrogens with two attached hydrogens (primary N) is 1. The lowest BCUT2D eigenvalue weighted by molar-refractivity contribution is 0.123. The summed E-state index contributed by atoms with van der Waals surface area (Å²) in [6.07, 6.45) is 3.58. The molecule has 1 fully saturated rings. The summed E-state index contributed by atoms with van der Waals surface area (Å²) in [4.78, 5) is 2.28. The van der Waals surface area contributed by atoms with Crippen LogP contribution in [0.3, 0.4) is 0 Å². The van der Waals surface area contributed by atoms with Crippen LogP contribution in [-0.2, 0) is 0 Å². The minimum absolute atomic E-state index is 0.290. The first-order valence-corrected chi connectivity index (χ1v) is 6.05. The van der Waals surface area contributed by atoms with Crippen molar-refractivity contribution in [2.75, 3.05) is 25.9 Å². The van der Waals surface area contributed by atoms with Crippen LogP contribution in [0.1, 0.15) is 19.3 Å². The standard InChI is InChI=1S/C13H19FN2O/c1-16-7-3-2-4-11(16)9-17-13-6-5-10(15)8-12(13)14/h5-6,8,11H,2-4,7,9,15H2,1H3/t11-/m0/s1. The summed E-state index contributed by atoms with van der Waals surface area (Å²) in [7, 11) is 2.09. The van der Waals surface area contributed by atoms with Crippen LogP contribution in [0.25, 0.3) is 0 Å². The molecule has 0 unspecified atom stereocenters. The Kier molecular flexibility index (Phi) is 3.84. The number of likely N-dealkylation sites (N-methyl/N-ethyl adjacent to an activating group) is 1. The molecule has 0 saturated carbocycles. The normalized spacial score (nSPS) is 21.4. The Morgan fingerprint density at radius 1 is 1.47 bits per heavy atom. The zero-order valence-corrected chi connectivity index (χ0v) is 10.2. The van der Waals surface area contributed by atoms with Crippen molar-refractivity contribution in [1.29, 1.82) is 0 Å². The molecule has 94 valence electrons. The lowest BCUT2D eigenvalue weighted by atomic mass is 10.0. The third-order valence-electron chi connectivity index (χ3n) is 3.31. The molecule has 1 atom stereocenters. The first-order chi connectivity index (χ1) is 8.16. The SMILES string of the molecule is CN1CCCC[C@H]1COc1ccc(N)cc1F. The van der Waals surface area contributed by atoms with Gasteiger partial charge < -0.3 is 15.4 Å². The Balaban J connectivity index is 1.92. The summed E-state index contributed by atoms with van der Waals surface area (Å²) in [6, 6.07) is 4.93. The molecule has 4 heteroatoms. The van der Waals surface area contributed by atoms with Gasteiger partial charge in [-0.25, -0.2) is 4.39 Å². The van der Waals surface area contributed by atoms with Crippen molar-refractivity contribution in [3.05, 3.63) is 24.0 Å². The fraction of sp³-hybridized carbons (Fsp3) is 0.538. The van der Waals surface area contributed by atoms with E-state index >= 15 is 0 Å². The molecule has 1 aromatic carbocycles. The van der Waals surface area contributed by atoms with Crippen molar-refractivity contribution >= 4 is 5.69 Å². The quantitative estimate of drug-likeness (QED) is 0.821. The van der Waals surface area contributed by atoms with E-state index in [-0.39, 0.29) is 11.6 Å². The van der Waals surface area contributed by atoms with E-state index in [1.165, 1.54) is 18.9 Å². The molecule has 1 saturated heterocycles. The number of piperidine rings is 1. The molecule has 0 spiro atoms. The molecule has 0 aromatic heterocycles. The predicted molar refractivity (Wildman–Crippen MR) is 66.6 cm³/mol. The number of hydrogen-bond donors (Lipinski definition) is 1. The molecule has 3 nitrogen and oxygen atoms in total. The highest BCUT2D eigenvalue weighted by molar-refractivity contribution is 5.42. The average molecular weight is 238 g/mol. The molecule has 0 bridgehead atoms. The minimum atomic E-state index is -0.386. The van der Waals surface area contributed by atoms with Crippen molar-refractivity contribution in [1.82, 2.24) is 4.90 Å². The smallest absolute Gasteiger partial charge is 0.167 e. The van der Waals surface area contributed by atoms with Gasteiger partial charge in [-0.1, -0.05) is 6.42 Å². The molecule has 1 aromatic rings. The number of nitrogen functional groups attached to an aromatic ring is 1. The van der Waals surface area contributed by atoms with Crippen LogP contribution >= 0.6 is 0 Å². The zero-order valence-electron chi connectivity index (χ0n) is 10.2. The van der Waals surface area contributed by atoms with E-state index in [0.717, 1.165) is 13.0 Å². The van der Waals surface area contributed by atoms with Gasteiger partial charge in [0.25, 0.3) is 0 Å². The van der Waals surface area contributed by atoms with E-state index in [1.54, 1.807) is 12.1 Å². The molecule has 0 radical (unpaired) electrons. The second-order valence-electron chi connectivity index (χ2n) is 4.63. The highest BCUT2D eigenvalue weighted by atomic mass is 19.1. The van der Waals surface area contributed by atoms with Crippen LogP contribution in [0.5, 0.6) is 5.75 Å². The molecule has 0 amide bonds. The summed E-state index contributed by atoms with van der Waals surface area (Å²) >= 11 is 0. The van der Waals surface area contributed by atoms with Crippen LogP contribution in [0.2, 0.25) is 0 Å². The van der Waals surface area contributed by atoms with E-state index in [2.05, 4.69) is 11.9 Å². The molecule has 17 heavy (non-hydrogen) atoms. The van der Waals surface area contributed by atoms with Crippen LogP contribution in [0, 0.1) is 5.82 Å². The van der Waals surface area contributed by atoms with Gasteiger partial charge in [0, 0.05) is 17.8 Å². The van der Waals surface area contributed by atoms with Gasteiger partial charge in [-0.05, 0) is 38.6 Å². The van der Waals surface area contributed by atoms with Crippen molar-refractivity contribution in [2.24, 2.45) is 0 Å². The molecule has 0 aliphatic carbocycles. The Labute approximate surface area is 101 Å². The van der Waals surface area contributed by atoms with Crippen molar-refractivity contribution < 1.29 is 9.13 Å². The third-order valence-corrected chi connectivity index (χ3v) is 3.31. The van der Waals surface area contributed by atoms with Crippen LogP contribution < -0.4 is 10.5 Å². The first kappa shape index (κ1) is 12.2. The number of nitrogens with zero attached hydrogens (tertiary/aromatic N) is 1.